The van der Waals surface area contributed by atoms with E-state index in [4.69, 9.17) is 4.74 Å². The molecule has 0 saturated heterocycles. The molecule has 0 aliphatic carbocycles. The molecule has 0 saturated carbocycles. The predicted molar refractivity (Wildman–Crippen MR) is 84.4 cm³/mol. The Labute approximate surface area is 130 Å². The summed E-state index contributed by atoms with van der Waals surface area (Å²) in [6, 6.07) is 13.1. The maximum absolute atomic E-state index is 12.8. The van der Waals surface area contributed by atoms with Crippen LogP contribution in [-0.4, -0.2) is 11.5 Å². The van der Waals surface area contributed by atoms with Crippen molar-refractivity contribution in [3.8, 4) is 5.75 Å². The van der Waals surface area contributed by atoms with Crippen LogP contribution in [0.15, 0.2) is 48.5 Å². The van der Waals surface area contributed by atoms with Crippen molar-refractivity contribution in [2.24, 2.45) is 0 Å². The summed E-state index contributed by atoms with van der Waals surface area (Å²) >= 11 is 0. The average molecular weight is 301 g/mol. The SMILES string of the molecule is CC(C)(C)Oc1cccc(C(=O)NCc2ccc(F)cc2)c1. The minimum atomic E-state index is -0.316. The van der Waals surface area contributed by atoms with Crippen LogP contribution in [0, 0.1) is 5.82 Å². The molecule has 22 heavy (non-hydrogen) atoms. The second-order valence-electron chi connectivity index (χ2n) is 6.05. The van der Waals surface area contributed by atoms with E-state index in [1.54, 1.807) is 30.3 Å². The molecule has 0 heterocycles. The number of rotatable bonds is 4. The van der Waals surface area contributed by atoms with E-state index in [9.17, 15) is 9.18 Å². The molecule has 2 aromatic carbocycles. The number of nitrogens with one attached hydrogen (secondary N) is 1. The first kappa shape index (κ1) is 16.0. The fourth-order valence-electron chi connectivity index (χ4n) is 1.94. The quantitative estimate of drug-likeness (QED) is 0.929. The molecular weight excluding hydrogens is 281 g/mol. The molecule has 0 fully saturated rings. The van der Waals surface area contributed by atoms with Crippen molar-refractivity contribution in [1.82, 2.24) is 5.32 Å². The van der Waals surface area contributed by atoms with Gasteiger partial charge in [0.2, 0.25) is 0 Å². The van der Waals surface area contributed by atoms with Gasteiger partial charge < -0.3 is 10.1 Å². The van der Waals surface area contributed by atoms with Crippen molar-refractivity contribution in [3.63, 3.8) is 0 Å². The summed E-state index contributed by atoms with van der Waals surface area (Å²) < 4.78 is 18.6. The standard InChI is InChI=1S/C18H20FNO2/c1-18(2,3)22-16-6-4-5-14(11-16)17(21)20-12-13-7-9-15(19)10-8-13/h4-11H,12H2,1-3H3,(H,20,21). The summed E-state index contributed by atoms with van der Waals surface area (Å²) in [6.45, 7) is 6.21. The van der Waals surface area contributed by atoms with E-state index in [2.05, 4.69) is 5.32 Å². The number of amides is 1. The summed E-state index contributed by atoms with van der Waals surface area (Å²) in [7, 11) is 0. The van der Waals surface area contributed by atoms with Gasteiger partial charge in [0.05, 0.1) is 0 Å². The Morgan fingerprint density at radius 3 is 2.45 bits per heavy atom. The summed E-state index contributed by atoms with van der Waals surface area (Å²) in [4.78, 5) is 12.2. The highest BCUT2D eigenvalue weighted by Crippen LogP contribution is 2.19. The van der Waals surface area contributed by atoms with Gasteiger partial charge in [-0.2, -0.15) is 0 Å². The second-order valence-corrected chi connectivity index (χ2v) is 6.05. The summed E-state index contributed by atoms with van der Waals surface area (Å²) in [5, 5.41) is 2.81. The van der Waals surface area contributed by atoms with Crippen LogP contribution in [0.4, 0.5) is 4.39 Å². The molecular formula is C18H20FNO2. The maximum atomic E-state index is 12.8. The fourth-order valence-corrected chi connectivity index (χ4v) is 1.94. The molecule has 116 valence electrons. The van der Waals surface area contributed by atoms with Crippen molar-refractivity contribution >= 4 is 5.91 Å². The minimum Gasteiger partial charge on any atom is -0.488 e. The highest BCUT2D eigenvalue weighted by atomic mass is 19.1. The van der Waals surface area contributed by atoms with E-state index in [1.165, 1.54) is 12.1 Å². The molecule has 0 atom stereocenters. The molecule has 3 nitrogen and oxygen atoms in total. The zero-order valence-corrected chi connectivity index (χ0v) is 13.0. The third-order valence-electron chi connectivity index (χ3n) is 2.89. The molecule has 0 aromatic heterocycles. The lowest BCUT2D eigenvalue weighted by atomic mass is 10.1. The first-order valence-electron chi connectivity index (χ1n) is 7.15. The minimum absolute atomic E-state index is 0.191. The number of halogens is 1. The summed E-state index contributed by atoms with van der Waals surface area (Å²) in [5.74, 6) is 0.174. The summed E-state index contributed by atoms with van der Waals surface area (Å²) in [5.41, 5.74) is 1.06. The van der Waals surface area contributed by atoms with Gasteiger partial charge in [-0.25, -0.2) is 4.39 Å². The second kappa shape index (κ2) is 6.60. The normalized spacial score (nSPS) is 11.1. The lowest BCUT2D eigenvalue weighted by Crippen LogP contribution is -2.24. The average Bonchev–Trinajstić information content (AvgIpc) is 2.45. The highest BCUT2D eigenvalue weighted by Gasteiger charge is 2.13. The maximum Gasteiger partial charge on any atom is 0.251 e. The van der Waals surface area contributed by atoms with Crippen molar-refractivity contribution in [2.75, 3.05) is 0 Å². The van der Waals surface area contributed by atoms with E-state index in [0.29, 0.717) is 17.9 Å². The van der Waals surface area contributed by atoms with E-state index < -0.39 is 0 Å². The number of benzene rings is 2. The fraction of sp³-hybridized carbons (Fsp3) is 0.278. The molecule has 0 radical (unpaired) electrons. The first-order valence-corrected chi connectivity index (χ1v) is 7.15. The van der Waals surface area contributed by atoms with Crippen LogP contribution in [0.5, 0.6) is 5.75 Å². The molecule has 1 amide bonds. The van der Waals surface area contributed by atoms with Crippen LogP contribution in [0.25, 0.3) is 0 Å². The Kier molecular flexibility index (Phi) is 4.81. The number of carbonyl (C=O) groups excluding carboxylic acids is 1. The topological polar surface area (TPSA) is 38.3 Å². The molecule has 0 unspecified atom stereocenters. The zero-order chi connectivity index (χ0) is 16.2. The van der Waals surface area contributed by atoms with Gasteiger partial charge >= 0.3 is 0 Å². The van der Waals surface area contributed by atoms with Gasteiger partial charge in [0.25, 0.3) is 5.91 Å². The smallest absolute Gasteiger partial charge is 0.251 e. The molecule has 0 aliphatic rings. The van der Waals surface area contributed by atoms with Gasteiger partial charge in [-0.15, -0.1) is 0 Å². The zero-order valence-electron chi connectivity index (χ0n) is 13.0. The van der Waals surface area contributed by atoms with Crippen LogP contribution in [0.3, 0.4) is 0 Å². The van der Waals surface area contributed by atoms with Crippen LogP contribution < -0.4 is 10.1 Å². The van der Waals surface area contributed by atoms with Crippen LogP contribution in [0.2, 0.25) is 0 Å². The molecule has 4 heteroatoms. The number of hydrogen-bond donors (Lipinski definition) is 1. The summed E-state index contributed by atoms with van der Waals surface area (Å²) in [6.07, 6.45) is 0. The lowest BCUT2D eigenvalue weighted by molar-refractivity contribution is 0.0947. The van der Waals surface area contributed by atoms with Gasteiger partial charge in [-0.1, -0.05) is 18.2 Å². The van der Waals surface area contributed by atoms with E-state index in [0.717, 1.165) is 5.56 Å². The number of carbonyl (C=O) groups is 1. The molecule has 2 rings (SSSR count). The Balaban J connectivity index is 2.00. The first-order chi connectivity index (χ1) is 10.3. The Bertz CT molecular complexity index is 645. The monoisotopic (exact) mass is 301 g/mol. The van der Waals surface area contributed by atoms with E-state index in [-0.39, 0.29) is 17.3 Å². The van der Waals surface area contributed by atoms with Crippen molar-refractivity contribution in [2.45, 2.75) is 32.9 Å². The Morgan fingerprint density at radius 1 is 1.14 bits per heavy atom. The van der Waals surface area contributed by atoms with Crippen molar-refractivity contribution in [1.29, 1.82) is 0 Å². The highest BCUT2D eigenvalue weighted by molar-refractivity contribution is 5.94. The van der Waals surface area contributed by atoms with Crippen LogP contribution >= 0.6 is 0 Å². The predicted octanol–water partition coefficient (Wildman–Crippen LogP) is 3.93. The van der Waals surface area contributed by atoms with Gasteiger partial charge in [0, 0.05) is 12.1 Å². The Morgan fingerprint density at radius 2 is 1.82 bits per heavy atom. The van der Waals surface area contributed by atoms with E-state index in [1.807, 2.05) is 26.8 Å². The molecule has 1 N–H and O–H groups in total. The molecule has 0 aliphatic heterocycles. The molecule has 0 bridgehead atoms. The van der Waals surface area contributed by atoms with Gasteiger partial charge in [0.15, 0.2) is 0 Å². The third-order valence-corrected chi connectivity index (χ3v) is 2.89. The Hall–Kier alpha value is -2.36. The lowest BCUT2D eigenvalue weighted by Gasteiger charge is -2.21. The number of ether oxygens (including phenoxy) is 1. The van der Waals surface area contributed by atoms with Gasteiger partial charge in [-0.3, -0.25) is 4.79 Å². The van der Waals surface area contributed by atoms with Crippen LogP contribution in [0.1, 0.15) is 36.7 Å². The largest absolute Gasteiger partial charge is 0.488 e. The van der Waals surface area contributed by atoms with Crippen molar-refractivity contribution in [3.05, 3.63) is 65.5 Å². The van der Waals surface area contributed by atoms with Crippen LogP contribution in [-0.2, 0) is 6.54 Å². The molecule has 0 spiro atoms. The third kappa shape index (κ3) is 4.88. The van der Waals surface area contributed by atoms with Gasteiger partial charge in [0.1, 0.15) is 17.2 Å². The number of hydrogen-bond acceptors (Lipinski definition) is 2. The van der Waals surface area contributed by atoms with Gasteiger partial charge in [-0.05, 0) is 56.7 Å². The van der Waals surface area contributed by atoms with Crippen molar-refractivity contribution < 1.29 is 13.9 Å². The molecule has 2 aromatic rings. The van der Waals surface area contributed by atoms with E-state index >= 15 is 0 Å².